The average Bonchev–Trinajstić information content (AvgIpc) is 2.41. The van der Waals surface area contributed by atoms with Crippen molar-refractivity contribution in [2.75, 3.05) is 34.3 Å². The summed E-state index contributed by atoms with van der Waals surface area (Å²) < 4.78 is 6.05. The summed E-state index contributed by atoms with van der Waals surface area (Å²) in [7, 11) is 6.54. The summed E-state index contributed by atoms with van der Waals surface area (Å²) in [5.41, 5.74) is 0. The maximum Gasteiger partial charge on any atom is 0.309 e. The van der Waals surface area contributed by atoms with Crippen LogP contribution in [0.2, 0.25) is 0 Å². The molecule has 1 heterocycles. The molecule has 0 amide bonds. The minimum atomic E-state index is 0. The van der Waals surface area contributed by atoms with Gasteiger partial charge in [0.1, 0.15) is 0 Å². The highest BCUT2D eigenvalue weighted by Crippen LogP contribution is 2.28. The van der Waals surface area contributed by atoms with Crippen LogP contribution in [-0.4, -0.2) is 44.7 Å². The molecule has 90 valence electrons. The van der Waals surface area contributed by atoms with Gasteiger partial charge in [-0.15, -0.1) is 0 Å². The molecule has 0 aliphatic carbocycles. The Kier molecular flexibility index (Phi) is 6.10. The predicted octanol–water partition coefficient (Wildman–Crippen LogP) is -1.71. The Morgan fingerprint density at radius 2 is 2.00 bits per heavy atom. The molecule has 0 bridgehead atoms. The van der Waals surface area contributed by atoms with Crippen LogP contribution in [0.5, 0.6) is 0 Å². The Bertz CT molecular complexity index is 213. The number of esters is 1. The Morgan fingerprint density at radius 1 is 1.40 bits per heavy atom. The molecule has 3 nitrogen and oxygen atoms in total. The summed E-state index contributed by atoms with van der Waals surface area (Å²) in [4.78, 5) is 11.3. The van der Waals surface area contributed by atoms with Crippen molar-refractivity contribution in [3.05, 3.63) is 0 Å². The molecule has 1 rings (SSSR count). The van der Waals surface area contributed by atoms with Crippen molar-refractivity contribution >= 4 is 5.97 Å². The first kappa shape index (κ1) is 15.2. The number of ether oxygens (including phenoxy) is 1. The van der Waals surface area contributed by atoms with Crippen LogP contribution in [0.4, 0.5) is 0 Å². The van der Waals surface area contributed by atoms with Gasteiger partial charge in [0.25, 0.3) is 0 Å². The predicted molar refractivity (Wildman–Crippen MR) is 55.7 cm³/mol. The van der Waals surface area contributed by atoms with Crippen molar-refractivity contribution < 1.29 is 38.0 Å². The lowest BCUT2D eigenvalue weighted by Gasteiger charge is -2.25. The Balaban J connectivity index is 0.00000196. The standard InChI is InChI=1S/C11H22NO2.HI/c1-5-10-9(8-14-11(10)13)6-7-12(2,3)4;/h9-10H,5-8H2,1-4H3;1H/q+1;/p-1/t9-,10-;/m0./s1. The van der Waals surface area contributed by atoms with Gasteiger partial charge in [0, 0.05) is 12.3 Å². The van der Waals surface area contributed by atoms with Crippen molar-refractivity contribution in [3.63, 3.8) is 0 Å². The van der Waals surface area contributed by atoms with Crippen molar-refractivity contribution in [1.29, 1.82) is 0 Å². The SMILES string of the molecule is CC[C@@H]1C(=O)OC[C@@H]1CC[N+](C)(C)C.[I-]. The fraction of sp³-hybridized carbons (Fsp3) is 0.909. The zero-order valence-corrected chi connectivity index (χ0v) is 12.3. The van der Waals surface area contributed by atoms with E-state index in [4.69, 9.17) is 4.74 Å². The van der Waals surface area contributed by atoms with E-state index in [-0.39, 0.29) is 35.9 Å². The number of quaternary nitrogens is 1. The van der Waals surface area contributed by atoms with E-state index in [0.29, 0.717) is 12.5 Å². The first-order chi connectivity index (χ1) is 6.44. The third kappa shape index (κ3) is 4.68. The monoisotopic (exact) mass is 327 g/mol. The second-order valence-corrected chi connectivity index (χ2v) is 5.21. The molecule has 0 N–H and O–H groups in total. The van der Waals surface area contributed by atoms with Gasteiger partial charge in [-0.1, -0.05) is 6.92 Å². The second kappa shape index (κ2) is 6.03. The largest absolute Gasteiger partial charge is 1.00 e. The lowest BCUT2D eigenvalue weighted by Crippen LogP contribution is -3.00. The highest BCUT2D eigenvalue weighted by Gasteiger charge is 2.35. The van der Waals surface area contributed by atoms with Gasteiger partial charge in [-0.3, -0.25) is 4.79 Å². The molecule has 1 fully saturated rings. The third-order valence-electron chi connectivity index (χ3n) is 2.92. The number of nitrogens with zero attached hydrogens (tertiary/aromatic N) is 1. The Hall–Kier alpha value is 0.160. The first-order valence-electron chi connectivity index (χ1n) is 5.41. The molecule has 0 aromatic heterocycles. The number of halogens is 1. The fourth-order valence-corrected chi connectivity index (χ4v) is 1.94. The van der Waals surface area contributed by atoms with Crippen LogP contribution >= 0.6 is 0 Å². The summed E-state index contributed by atoms with van der Waals surface area (Å²) >= 11 is 0. The van der Waals surface area contributed by atoms with Crippen LogP contribution in [-0.2, 0) is 9.53 Å². The summed E-state index contributed by atoms with van der Waals surface area (Å²) in [6.45, 7) is 3.81. The number of hydrogen-bond acceptors (Lipinski definition) is 2. The van der Waals surface area contributed by atoms with Crippen molar-refractivity contribution in [2.24, 2.45) is 11.8 Å². The molecule has 4 heteroatoms. The first-order valence-corrected chi connectivity index (χ1v) is 5.41. The highest BCUT2D eigenvalue weighted by molar-refractivity contribution is 5.74. The van der Waals surface area contributed by atoms with Crippen LogP contribution in [0.15, 0.2) is 0 Å². The van der Waals surface area contributed by atoms with E-state index < -0.39 is 0 Å². The Morgan fingerprint density at radius 3 is 2.47 bits per heavy atom. The van der Waals surface area contributed by atoms with Gasteiger partial charge < -0.3 is 33.2 Å². The van der Waals surface area contributed by atoms with Gasteiger partial charge in [-0.25, -0.2) is 0 Å². The van der Waals surface area contributed by atoms with E-state index in [0.717, 1.165) is 23.9 Å². The van der Waals surface area contributed by atoms with E-state index >= 15 is 0 Å². The zero-order valence-electron chi connectivity index (χ0n) is 10.1. The molecule has 0 spiro atoms. The van der Waals surface area contributed by atoms with Crippen LogP contribution in [0.3, 0.4) is 0 Å². The van der Waals surface area contributed by atoms with E-state index in [1.807, 2.05) is 0 Å². The molecule has 1 aliphatic heterocycles. The maximum absolute atomic E-state index is 11.3. The molecular formula is C11H22INO2. The molecule has 0 unspecified atom stereocenters. The normalized spacial score (nSPS) is 26.0. The van der Waals surface area contributed by atoms with Gasteiger partial charge >= 0.3 is 5.97 Å². The van der Waals surface area contributed by atoms with Crippen LogP contribution in [0, 0.1) is 11.8 Å². The van der Waals surface area contributed by atoms with Crippen molar-refractivity contribution in [2.45, 2.75) is 19.8 Å². The lowest BCUT2D eigenvalue weighted by atomic mass is 9.90. The van der Waals surface area contributed by atoms with Crippen LogP contribution < -0.4 is 24.0 Å². The smallest absolute Gasteiger partial charge is 0.309 e. The third-order valence-corrected chi connectivity index (χ3v) is 2.92. The van der Waals surface area contributed by atoms with Crippen LogP contribution in [0.1, 0.15) is 19.8 Å². The number of rotatable bonds is 4. The van der Waals surface area contributed by atoms with E-state index in [2.05, 4.69) is 28.1 Å². The molecular weight excluding hydrogens is 305 g/mol. The Labute approximate surface area is 110 Å². The van der Waals surface area contributed by atoms with Crippen molar-refractivity contribution in [3.8, 4) is 0 Å². The summed E-state index contributed by atoms with van der Waals surface area (Å²) in [6.07, 6.45) is 2.01. The molecule has 1 saturated heterocycles. The molecule has 2 atom stereocenters. The highest BCUT2D eigenvalue weighted by atomic mass is 127. The molecule has 0 radical (unpaired) electrons. The minimum Gasteiger partial charge on any atom is -1.00 e. The summed E-state index contributed by atoms with van der Waals surface area (Å²) in [5.74, 6) is 0.616. The van der Waals surface area contributed by atoms with Gasteiger partial charge in [0.2, 0.25) is 0 Å². The quantitative estimate of drug-likeness (QED) is 0.349. The van der Waals surface area contributed by atoms with Gasteiger partial charge in [-0.05, 0) is 6.42 Å². The van der Waals surface area contributed by atoms with Crippen LogP contribution in [0.25, 0.3) is 0 Å². The van der Waals surface area contributed by atoms with Gasteiger partial charge in [0.15, 0.2) is 0 Å². The molecule has 15 heavy (non-hydrogen) atoms. The summed E-state index contributed by atoms with van der Waals surface area (Å²) in [5, 5.41) is 0. The number of carbonyl (C=O) groups is 1. The molecule has 0 saturated carbocycles. The van der Waals surface area contributed by atoms with Gasteiger partial charge in [-0.2, -0.15) is 0 Å². The number of cyclic esters (lactones) is 1. The fourth-order valence-electron chi connectivity index (χ4n) is 1.94. The second-order valence-electron chi connectivity index (χ2n) is 5.21. The lowest BCUT2D eigenvalue weighted by molar-refractivity contribution is -0.871. The zero-order chi connectivity index (χ0) is 10.8. The molecule has 1 aliphatic rings. The van der Waals surface area contributed by atoms with E-state index in [1.54, 1.807) is 0 Å². The summed E-state index contributed by atoms with van der Waals surface area (Å²) in [6, 6.07) is 0. The van der Waals surface area contributed by atoms with E-state index in [1.165, 1.54) is 0 Å². The van der Waals surface area contributed by atoms with E-state index in [9.17, 15) is 4.79 Å². The maximum atomic E-state index is 11.3. The molecule has 0 aromatic carbocycles. The van der Waals surface area contributed by atoms with Gasteiger partial charge in [0.05, 0.1) is 40.2 Å². The molecule has 0 aromatic rings. The minimum absolute atomic E-state index is 0. The average molecular weight is 327 g/mol. The van der Waals surface area contributed by atoms with Crippen molar-refractivity contribution in [1.82, 2.24) is 0 Å². The number of carbonyl (C=O) groups excluding carboxylic acids is 1. The number of hydrogen-bond donors (Lipinski definition) is 0. The topological polar surface area (TPSA) is 26.3 Å².